The lowest BCUT2D eigenvalue weighted by Crippen LogP contribution is -2.41. The van der Waals surface area contributed by atoms with E-state index in [1.807, 2.05) is 0 Å². The number of carbonyl (C=O) groups excluding carboxylic acids is 1. The summed E-state index contributed by atoms with van der Waals surface area (Å²) in [5, 5.41) is 2.47. The van der Waals surface area contributed by atoms with Crippen molar-refractivity contribution in [1.29, 1.82) is 0 Å². The van der Waals surface area contributed by atoms with E-state index < -0.39 is 19.9 Å². The molecule has 0 saturated carbocycles. The fraction of sp³-hybridized carbons (Fsp3) is 0.533. The van der Waals surface area contributed by atoms with Crippen molar-refractivity contribution in [1.82, 2.24) is 9.62 Å². The molecule has 1 N–H and O–H groups in total. The Hall–Kier alpha value is -1.45. The number of amides is 1. The van der Waals surface area contributed by atoms with Crippen molar-refractivity contribution in [2.45, 2.75) is 17.7 Å². The summed E-state index contributed by atoms with van der Waals surface area (Å²) in [6.45, 7) is 0.576. The molecule has 1 heterocycles. The lowest BCUT2D eigenvalue weighted by Gasteiger charge is -2.31. The molecule has 2 rings (SSSR count). The lowest BCUT2D eigenvalue weighted by atomic mass is 10.0. The zero-order valence-electron chi connectivity index (χ0n) is 13.7. The topological polar surface area (TPSA) is 101 Å². The van der Waals surface area contributed by atoms with E-state index in [-0.39, 0.29) is 29.0 Å². The quantitative estimate of drug-likeness (QED) is 0.808. The number of sulfone groups is 1. The molecule has 1 aliphatic rings. The summed E-state index contributed by atoms with van der Waals surface area (Å²) in [4.78, 5) is 11.6. The van der Waals surface area contributed by atoms with Crippen molar-refractivity contribution < 1.29 is 21.6 Å². The van der Waals surface area contributed by atoms with E-state index >= 15 is 0 Å². The van der Waals surface area contributed by atoms with Crippen LogP contribution in [0.1, 0.15) is 23.2 Å². The smallest absolute Gasteiger partial charge is 0.251 e. The van der Waals surface area contributed by atoms with Gasteiger partial charge in [0.1, 0.15) is 9.84 Å². The summed E-state index contributed by atoms with van der Waals surface area (Å²) in [6, 6.07) is 5.73. The van der Waals surface area contributed by atoms with Gasteiger partial charge in [-0.15, -0.1) is 0 Å². The Balaban J connectivity index is 2.18. The van der Waals surface area contributed by atoms with Gasteiger partial charge in [-0.25, -0.2) is 16.8 Å². The summed E-state index contributed by atoms with van der Waals surface area (Å²) in [6.07, 6.45) is 2.50. The van der Waals surface area contributed by atoms with Crippen LogP contribution in [0.15, 0.2) is 29.2 Å². The number of piperidine rings is 1. The van der Waals surface area contributed by atoms with Crippen molar-refractivity contribution in [2.24, 2.45) is 5.92 Å². The van der Waals surface area contributed by atoms with Crippen LogP contribution >= 0.6 is 0 Å². The molecule has 1 fully saturated rings. The van der Waals surface area contributed by atoms with Crippen LogP contribution in [0.25, 0.3) is 0 Å². The summed E-state index contributed by atoms with van der Waals surface area (Å²) in [7, 11) is -5.33. The van der Waals surface area contributed by atoms with Crippen LogP contribution in [0.5, 0.6) is 0 Å². The van der Waals surface area contributed by atoms with E-state index in [0.29, 0.717) is 24.9 Å². The van der Waals surface area contributed by atoms with Gasteiger partial charge in [-0.2, -0.15) is 4.31 Å². The average Bonchev–Trinajstić information content (AvgIpc) is 2.53. The minimum Gasteiger partial charge on any atom is -0.355 e. The van der Waals surface area contributed by atoms with E-state index in [0.717, 1.165) is 6.26 Å². The Morgan fingerprint density at radius 2 is 1.83 bits per heavy atom. The third kappa shape index (κ3) is 4.55. The van der Waals surface area contributed by atoms with Crippen molar-refractivity contribution >= 4 is 25.8 Å². The number of hydrogen-bond acceptors (Lipinski definition) is 5. The number of nitrogens with one attached hydrogen (secondary N) is 1. The third-order valence-electron chi connectivity index (χ3n) is 4.00. The third-order valence-corrected chi connectivity index (χ3v) is 6.96. The summed E-state index contributed by atoms with van der Waals surface area (Å²) in [5.74, 6) is -0.479. The molecule has 0 radical (unpaired) electrons. The number of carbonyl (C=O) groups is 1. The SMILES string of the molecule is CNC(=O)c1ccc(S(=O)(=O)N2CCCC(CS(C)(=O)=O)C2)cc1. The monoisotopic (exact) mass is 374 g/mol. The molecule has 0 aliphatic carbocycles. The molecule has 24 heavy (non-hydrogen) atoms. The average molecular weight is 374 g/mol. The van der Waals surface area contributed by atoms with Crippen LogP contribution < -0.4 is 5.32 Å². The fourth-order valence-electron chi connectivity index (χ4n) is 2.88. The van der Waals surface area contributed by atoms with Crippen molar-refractivity contribution in [3.8, 4) is 0 Å². The molecule has 1 amide bonds. The largest absolute Gasteiger partial charge is 0.355 e. The van der Waals surface area contributed by atoms with Crippen LogP contribution in [0.3, 0.4) is 0 Å². The second kappa shape index (κ2) is 7.20. The normalized spacial score (nSPS) is 19.8. The second-order valence-electron chi connectivity index (χ2n) is 6.07. The molecule has 1 saturated heterocycles. The molecule has 134 valence electrons. The van der Waals surface area contributed by atoms with Gasteiger partial charge in [0, 0.05) is 32.0 Å². The zero-order valence-corrected chi connectivity index (χ0v) is 15.4. The van der Waals surface area contributed by atoms with Crippen LogP contribution in [-0.2, 0) is 19.9 Å². The first-order valence-electron chi connectivity index (χ1n) is 7.63. The summed E-state index contributed by atoms with van der Waals surface area (Å²) in [5.41, 5.74) is 0.380. The maximum absolute atomic E-state index is 12.7. The Kier molecular flexibility index (Phi) is 5.67. The van der Waals surface area contributed by atoms with Gasteiger partial charge in [0.25, 0.3) is 5.91 Å². The first-order chi connectivity index (χ1) is 11.1. The first kappa shape index (κ1) is 18.9. The second-order valence-corrected chi connectivity index (χ2v) is 10.2. The zero-order chi connectivity index (χ0) is 18.0. The molecule has 1 atom stereocenters. The van der Waals surface area contributed by atoms with Gasteiger partial charge in [-0.05, 0) is 43.0 Å². The van der Waals surface area contributed by atoms with Gasteiger partial charge in [-0.1, -0.05) is 0 Å². The van der Waals surface area contributed by atoms with Crippen molar-refractivity contribution in [3.05, 3.63) is 29.8 Å². The number of nitrogens with zero attached hydrogens (tertiary/aromatic N) is 1. The van der Waals surface area contributed by atoms with Crippen LogP contribution in [0, 0.1) is 5.92 Å². The molecule has 1 unspecified atom stereocenters. The number of hydrogen-bond donors (Lipinski definition) is 1. The van der Waals surface area contributed by atoms with E-state index in [4.69, 9.17) is 0 Å². The van der Waals surface area contributed by atoms with Crippen LogP contribution in [0.4, 0.5) is 0 Å². The highest BCUT2D eigenvalue weighted by molar-refractivity contribution is 7.90. The standard InChI is InChI=1S/C15H22N2O5S2/c1-16-15(18)13-5-7-14(8-6-13)24(21,22)17-9-3-4-12(10-17)11-23(2,19)20/h5-8,12H,3-4,9-11H2,1-2H3,(H,16,18). The fourth-order valence-corrected chi connectivity index (χ4v) is 5.56. The van der Waals surface area contributed by atoms with Crippen LogP contribution in [0.2, 0.25) is 0 Å². The molecular formula is C15H22N2O5S2. The molecule has 7 nitrogen and oxygen atoms in total. The Bertz CT molecular complexity index is 801. The summed E-state index contributed by atoms with van der Waals surface area (Å²) < 4.78 is 49.7. The lowest BCUT2D eigenvalue weighted by molar-refractivity contribution is 0.0963. The highest BCUT2D eigenvalue weighted by Crippen LogP contribution is 2.24. The molecule has 0 aromatic heterocycles. The van der Waals surface area contributed by atoms with E-state index in [1.54, 1.807) is 0 Å². The molecule has 1 aromatic carbocycles. The molecule has 1 aliphatic heterocycles. The van der Waals surface area contributed by atoms with Crippen molar-refractivity contribution in [2.75, 3.05) is 32.1 Å². The highest BCUT2D eigenvalue weighted by Gasteiger charge is 2.31. The van der Waals surface area contributed by atoms with Gasteiger partial charge in [0.15, 0.2) is 0 Å². The Morgan fingerprint density at radius 3 is 2.38 bits per heavy atom. The predicted octanol–water partition coefficient (Wildman–Crippen LogP) is 0.492. The molecular weight excluding hydrogens is 352 g/mol. The minimum absolute atomic E-state index is 0.00533. The first-order valence-corrected chi connectivity index (χ1v) is 11.1. The molecule has 9 heteroatoms. The molecule has 1 aromatic rings. The van der Waals surface area contributed by atoms with E-state index in [9.17, 15) is 21.6 Å². The van der Waals surface area contributed by atoms with Gasteiger partial charge in [0.05, 0.1) is 10.6 Å². The summed E-state index contributed by atoms with van der Waals surface area (Å²) >= 11 is 0. The Labute approximate surface area is 143 Å². The van der Waals surface area contributed by atoms with Gasteiger partial charge < -0.3 is 5.32 Å². The van der Waals surface area contributed by atoms with Crippen LogP contribution in [-0.4, -0.2) is 59.2 Å². The van der Waals surface area contributed by atoms with Gasteiger partial charge in [-0.3, -0.25) is 4.79 Å². The number of rotatable bonds is 5. The van der Waals surface area contributed by atoms with E-state index in [2.05, 4.69) is 5.32 Å². The molecule has 0 spiro atoms. The molecule has 0 bridgehead atoms. The highest BCUT2D eigenvalue weighted by atomic mass is 32.2. The van der Waals surface area contributed by atoms with E-state index in [1.165, 1.54) is 35.6 Å². The number of benzene rings is 1. The van der Waals surface area contributed by atoms with Gasteiger partial charge >= 0.3 is 0 Å². The van der Waals surface area contributed by atoms with Gasteiger partial charge in [0.2, 0.25) is 10.0 Å². The van der Waals surface area contributed by atoms with Crippen molar-refractivity contribution in [3.63, 3.8) is 0 Å². The number of sulfonamides is 1. The maximum Gasteiger partial charge on any atom is 0.251 e. The maximum atomic E-state index is 12.7. The minimum atomic E-state index is -3.69. The Morgan fingerprint density at radius 1 is 1.21 bits per heavy atom. The predicted molar refractivity (Wildman–Crippen MR) is 91.0 cm³/mol.